The molecule has 0 atom stereocenters. The van der Waals surface area contributed by atoms with Gasteiger partial charge in [-0.3, -0.25) is 4.79 Å². The Hall–Kier alpha value is -3.02. The van der Waals surface area contributed by atoms with Crippen molar-refractivity contribution in [3.8, 4) is 5.75 Å². The van der Waals surface area contributed by atoms with Crippen molar-refractivity contribution in [3.05, 3.63) is 59.7 Å². The third-order valence-electron chi connectivity index (χ3n) is 3.72. The lowest BCUT2D eigenvalue weighted by Crippen LogP contribution is -2.39. The molecule has 27 heavy (non-hydrogen) atoms. The Balaban J connectivity index is 1.65. The number of hydrogen-bond acceptors (Lipinski definition) is 3. The smallest absolute Gasteiger partial charge is 0.319 e. The molecule has 144 valence electrons. The summed E-state index contributed by atoms with van der Waals surface area (Å²) in [6.45, 7) is 6.35. The molecule has 3 N–H and O–H groups in total. The average molecular weight is 369 g/mol. The Morgan fingerprint density at radius 2 is 1.78 bits per heavy atom. The highest BCUT2D eigenvalue weighted by Gasteiger charge is 2.06. The first-order valence-corrected chi connectivity index (χ1v) is 9.06. The van der Waals surface area contributed by atoms with Crippen LogP contribution >= 0.6 is 0 Å². The summed E-state index contributed by atoms with van der Waals surface area (Å²) >= 11 is 0. The number of ether oxygens (including phenoxy) is 1. The zero-order valence-corrected chi connectivity index (χ0v) is 16.0. The van der Waals surface area contributed by atoms with Crippen LogP contribution in [0.1, 0.15) is 25.0 Å². The van der Waals surface area contributed by atoms with Gasteiger partial charge in [0.15, 0.2) is 0 Å². The maximum absolute atomic E-state index is 11.8. The first-order valence-electron chi connectivity index (χ1n) is 9.06. The minimum atomic E-state index is -0.406. The zero-order chi connectivity index (χ0) is 19.6. The van der Waals surface area contributed by atoms with E-state index in [1.807, 2.05) is 63.2 Å². The molecule has 6 heteroatoms. The van der Waals surface area contributed by atoms with E-state index in [0.29, 0.717) is 18.7 Å². The van der Waals surface area contributed by atoms with Crippen molar-refractivity contribution in [3.63, 3.8) is 0 Å². The van der Waals surface area contributed by atoms with Crippen LogP contribution in [0.5, 0.6) is 5.75 Å². The molecule has 0 aliphatic carbocycles. The summed E-state index contributed by atoms with van der Waals surface area (Å²) in [5.74, 6) is 0.607. The molecule has 0 fully saturated rings. The lowest BCUT2D eigenvalue weighted by Gasteiger charge is -2.11. The van der Waals surface area contributed by atoms with Crippen LogP contribution in [0, 0.1) is 6.92 Å². The van der Waals surface area contributed by atoms with Crippen molar-refractivity contribution >= 4 is 17.6 Å². The quantitative estimate of drug-likeness (QED) is 0.668. The van der Waals surface area contributed by atoms with Crippen molar-refractivity contribution in [2.75, 3.05) is 18.4 Å². The molecule has 2 rings (SSSR count). The molecule has 0 heterocycles. The molecule has 0 spiro atoms. The van der Waals surface area contributed by atoms with Gasteiger partial charge in [-0.25, -0.2) is 4.79 Å². The second kappa shape index (κ2) is 10.2. The van der Waals surface area contributed by atoms with Crippen molar-refractivity contribution in [2.24, 2.45) is 0 Å². The highest BCUT2D eigenvalue weighted by molar-refractivity contribution is 5.92. The Labute approximate surface area is 160 Å². The van der Waals surface area contributed by atoms with E-state index >= 15 is 0 Å². The molecule has 0 bridgehead atoms. The molecule has 0 unspecified atom stereocenters. The van der Waals surface area contributed by atoms with E-state index in [9.17, 15) is 9.59 Å². The predicted molar refractivity (Wildman–Crippen MR) is 107 cm³/mol. The number of anilines is 1. The number of urea groups is 1. The van der Waals surface area contributed by atoms with Gasteiger partial charge in [0.1, 0.15) is 5.75 Å². The van der Waals surface area contributed by atoms with Crippen LogP contribution in [0.15, 0.2) is 48.5 Å². The Morgan fingerprint density at radius 3 is 2.44 bits per heavy atom. The van der Waals surface area contributed by atoms with Gasteiger partial charge >= 0.3 is 6.03 Å². The van der Waals surface area contributed by atoms with E-state index in [-0.39, 0.29) is 18.6 Å². The topological polar surface area (TPSA) is 79.5 Å². The van der Waals surface area contributed by atoms with Gasteiger partial charge in [0, 0.05) is 12.2 Å². The molecule has 2 aromatic carbocycles. The van der Waals surface area contributed by atoms with Gasteiger partial charge in [0.05, 0.1) is 12.6 Å². The van der Waals surface area contributed by atoms with Crippen molar-refractivity contribution in [1.82, 2.24) is 10.6 Å². The molecular weight excluding hydrogens is 342 g/mol. The fourth-order valence-corrected chi connectivity index (χ4v) is 2.47. The van der Waals surface area contributed by atoms with E-state index in [4.69, 9.17) is 4.74 Å². The summed E-state index contributed by atoms with van der Waals surface area (Å²) in [5, 5.41) is 8.04. The number of amides is 3. The summed E-state index contributed by atoms with van der Waals surface area (Å²) in [5.41, 5.74) is 2.85. The van der Waals surface area contributed by atoms with E-state index in [2.05, 4.69) is 16.0 Å². The van der Waals surface area contributed by atoms with Crippen LogP contribution in [0.3, 0.4) is 0 Å². The number of rotatable bonds is 8. The minimum absolute atomic E-state index is 0.0706. The molecular formula is C21H27N3O3. The standard InChI is InChI=1S/C21H27N3O3/c1-15(2)27-19-9-7-17(8-10-19)11-12-22-20(25)14-23-21(26)24-18-6-4-5-16(3)13-18/h4-10,13,15H,11-12,14H2,1-3H3,(H,22,25)(H2,23,24,26). The van der Waals surface area contributed by atoms with E-state index in [1.165, 1.54) is 0 Å². The summed E-state index contributed by atoms with van der Waals surface area (Å²) in [6.07, 6.45) is 0.856. The predicted octanol–water partition coefficient (Wildman–Crippen LogP) is 3.26. The zero-order valence-electron chi connectivity index (χ0n) is 16.0. The summed E-state index contributed by atoms with van der Waals surface area (Å²) in [4.78, 5) is 23.7. The number of nitrogens with one attached hydrogen (secondary N) is 3. The molecule has 0 saturated heterocycles. The fourth-order valence-electron chi connectivity index (χ4n) is 2.47. The van der Waals surface area contributed by atoms with Crippen LogP contribution in [-0.2, 0) is 11.2 Å². The largest absolute Gasteiger partial charge is 0.491 e. The minimum Gasteiger partial charge on any atom is -0.491 e. The molecule has 6 nitrogen and oxygen atoms in total. The van der Waals surface area contributed by atoms with Crippen molar-refractivity contribution < 1.29 is 14.3 Å². The molecule has 2 aromatic rings. The van der Waals surface area contributed by atoms with E-state index in [1.54, 1.807) is 6.07 Å². The van der Waals surface area contributed by atoms with Gasteiger partial charge in [-0.15, -0.1) is 0 Å². The Kier molecular flexibility index (Phi) is 7.67. The first kappa shape index (κ1) is 20.3. The van der Waals surface area contributed by atoms with Crippen LogP contribution in [0.2, 0.25) is 0 Å². The molecule has 0 radical (unpaired) electrons. The highest BCUT2D eigenvalue weighted by atomic mass is 16.5. The maximum Gasteiger partial charge on any atom is 0.319 e. The fraction of sp³-hybridized carbons (Fsp3) is 0.333. The third kappa shape index (κ3) is 7.81. The second-order valence-corrected chi connectivity index (χ2v) is 6.59. The summed E-state index contributed by atoms with van der Waals surface area (Å²) in [7, 11) is 0. The van der Waals surface area contributed by atoms with Gasteiger partial charge < -0.3 is 20.7 Å². The Bertz CT molecular complexity index is 758. The SMILES string of the molecule is Cc1cccc(NC(=O)NCC(=O)NCCc2ccc(OC(C)C)cc2)c1. The van der Waals surface area contributed by atoms with Gasteiger partial charge in [-0.05, 0) is 62.6 Å². The number of carbonyl (C=O) groups is 2. The van der Waals surface area contributed by atoms with E-state index in [0.717, 1.165) is 16.9 Å². The van der Waals surface area contributed by atoms with Gasteiger partial charge in [-0.2, -0.15) is 0 Å². The molecule has 0 aromatic heterocycles. The molecule has 0 aliphatic rings. The van der Waals surface area contributed by atoms with Gasteiger partial charge in [0.2, 0.25) is 5.91 Å². The summed E-state index contributed by atoms with van der Waals surface area (Å²) < 4.78 is 5.60. The van der Waals surface area contributed by atoms with Gasteiger partial charge in [0.25, 0.3) is 0 Å². The number of carbonyl (C=O) groups excluding carboxylic acids is 2. The monoisotopic (exact) mass is 369 g/mol. The molecule has 3 amide bonds. The highest BCUT2D eigenvalue weighted by Crippen LogP contribution is 2.14. The van der Waals surface area contributed by atoms with Crippen molar-refractivity contribution in [2.45, 2.75) is 33.3 Å². The second-order valence-electron chi connectivity index (χ2n) is 6.59. The average Bonchev–Trinajstić information content (AvgIpc) is 2.61. The maximum atomic E-state index is 11.8. The Morgan fingerprint density at radius 1 is 1.04 bits per heavy atom. The first-order chi connectivity index (χ1) is 12.9. The molecule has 0 saturated carbocycles. The number of hydrogen-bond donors (Lipinski definition) is 3. The van der Waals surface area contributed by atoms with Gasteiger partial charge in [-0.1, -0.05) is 24.3 Å². The lowest BCUT2D eigenvalue weighted by molar-refractivity contribution is -0.120. The third-order valence-corrected chi connectivity index (χ3v) is 3.72. The number of aryl methyl sites for hydroxylation is 1. The van der Waals surface area contributed by atoms with Crippen LogP contribution in [0.25, 0.3) is 0 Å². The van der Waals surface area contributed by atoms with E-state index < -0.39 is 6.03 Å². The number of benzene rings is 2. The molecule has 0 aliphatic heterocycles. The van der Waals surface area contributed by atoms with Crippen LogP contribution in [0.4, 0.5) is 10.5 Å². The normalized spacial score (nSPS) is 10.4. The summed E-state index contributed by atoms with van der Waals surface area (Å²) in [6, 6.07) is 14.9. The van der Waals surface area contributed by atoms with Crippen molar-refractivity contribution in [1.29, 1.82) is 0 Å². The van der Waals surface area contributed by atoms with Crippen LogP contribution < -0.4 is 20.7 Å². The lowest BCUT2D eigenvalue weighted by atomic mass is 10.1. The van der Waals surface area contributed by atoms with Crippen LogP contribution in [-0.4, -0.2) is 31.1 Å².